The number of nitrogens with zero attached hydrogens (tertiary/aromatic N) is 5. The summed E-state index contributed by atoms with van der Waals surface area (Å²) >= 11 is 0. The van der Waals surface area contributed by atoms with E-state index in [0.717, 1.165) is 18.7 Å². The van der Waals surface area contributed by atoms with Gasteiger partial charge in [0.05, 0.1) is 17.7 Å². The van der Waals surface area contributed by atoms with Gasteiger partial charge in [0.2, 0.25) is 0 Å². The summed E-state index contributed by atoms with van der Waals surface area (Å²) in [5.74, 6) is 1.42. The largest absolute Gasteiger partial charge is 0.388 e. The fourth-order valence-electron chi connectivity index (χ4n) is 3.58. The van der Waals surface area contributed by atoms with E-state index in [2.05, 4.69) is 25.5 Å². The monoisotopic (exact) mass is 382 g/mol. The highest BCUT2D eigenvalue weighted by molar-refractivity contribution is 6.04. The van der Waals surface area contributed by atoms with E-state index in [0.29, 0.717) is 35.6 Å². The van der Waals surface area contributed by atoms with Crippen molar-refractivity contribution in [2.45, 2.75) is 38.0 Å². The Hall–Kier alpha value is -2.91. The van der Waals surface area contributed by atoms with Gasteiger partial charge in [-0.05, 0) is 25.0 Å². The summed E-state index contributed by atoms with van der Waals surface area (Å²) in [7, 11) is 1.63. The van der Waals surface area contributed by atoms with E-state index >= 15 is 0 Å². The Bertz CT molecular complexity index is 977. The molecule has 0 aliphatic heterocycles. The van der Waals surface area contributed by atoms with Crippen LogP contribution in [0.1, 0.15) is 40.8 Å². The summed E-state index contributed by atoms with van der Waals surface area (Å²) < 4.78 is 7.04. The highest BCUT2D eigenvalue weighted by Crippen LogP contribution is 2.36. The summed E-state index contributed by atoms with van der Waals surface area (Å²) in [6.45, 7) is 0.954. The molecule has 3 aromatic rings. The smallest absolute Gasteiger partial charge is 0.253 e. The van der Waals surface area contributed by atoms with Crippen molar-refractivity contribution >= 4 is 16.9 Å². The van der Waals surface area contributed by atoms with Crippen molar-refractivity contribution < 1.29 is 14.6 Å². The molecule has 1 aromatic carbocycles. The zero-order valence-corrected chi connectivity index (χ0v) is 15.6. The van der Waals surface area contributed by atoms with Crippen molar-refractivity contribution in [2.75, 3.05) is 13.7 Å². The lowest BCUT2D eigenvalue weighted by atomic mass is 9.79. The van der Waals surface area contributed by atoms with Crippen LogP contribution in [-0.2, 0) is 17.9 Å². The molecule has 0 spiro atoms. The number of hydrogen-bond donors (Lipinski definition) is 2. The van der Waals surface area contributed by atoms with Crippen LogP contribution >= 0.6 is 0 Å². The number of benzene rings is 1. The van der Waals surface area contributed by atoms with Crippen molar-refractivity contribution in [3.05, 3.63) is 47.8 Å². The third-order valence-electron chi connectivity index (χ3n) is 5.10. The lowest BCUT2D eigenvalue weighted by molar-refractivity contribution is 0.0907. The van der Waals surface area contributed by atoms with Gasteiger partial charge >= 0.3 is 0 Å². The molecule has 0 saturated heterocycles. The van der Waals surface area contributed by atoms with Gasteiger partial charge in [-0.2, -0.15) is 0 Å². The summed E-state index contributed by atoms with van der Waals surface area (Å²) in [4.78, 5) is 21.2. The molecule has 4 rings (SSSR count). The average Bonchev–Trinajstić information content (AvgIpc) is 3.10. The maximum absolute atomic E-state index is 12.7. The van der Waals surface area contributed by atoms with Gasteiger partial charge in [-0.3, -0.25) is 14.8 Å². The molecule has 1 amide bonds. The van der Waals surface area contributed by atoms with Crippen LogP contribution in [0.25, 0.3) is 11.0 Å². The van der Waals surface area contributed by atoms with Gasteiger partial charge in [0.15, 0.2) is 5.82 Å². The molecule has 0 bridgehead atoms. The molecule has 146 valence electrons. The van der Waals surface area contributed by atoms with Crippen LogP contribution in [0.5, 0.6) is 0 Å². The number of amides is 1. The summed E-state index contributed by atoms with van der Waals surface area (Å²) in [5.41, 5.74) is 1.83. The zero-order valence-electron chi connectivity index (χ0n) is 15.6. The fourth-order valence-corrected chi connectivity index (χ4v) is 3.58. The van der Waals surface area contributed by atoms with Crippen LogP contribution in [0.2, 0.25) is 0 Å². The Morgan fingerprint density at radius 3 is 2.89 bits per heavy atom. The van der Waals surface area contributed by atoms with Crippen LogP contribution in [0, 0.1) is 0 Å². The summed E-state index contributed by atoms with van der Waals surface area (Å²) in [5, 5.41) is 20.8. The van der Waals surface area contributed by atoms with Crippen LogP contribution in [0.15, 0.2) is 30.6 Å². The molecule has 2 heterocycles. The number of fused-ring (bicyclic) bond motifs is 1. The maximum Gasteiger partial charge on any atom is 0.253 e. The van der Waals surface area contributed by atoms with Gasteiger partial charge in [0, 0.05) is 38.0 Å². The van der Waals surface area contributed by atoms with E-state index in [1.54, 1.807) is 25.6 Å². The molecule has 2 aromatic heterocycles. The van der Waals surface area contributed by atoms with E-state index in [4.69, 9.17) is 4.74 Å². The van der Waals surface area contributed by atoms with Gasteiger partial charge in [0.1, 0.15) is 17.9 Å². The van der Waals surface area contributed by atoms with Crippen LogP contribution in [0.4, 0.5) is 0 Å². The number of para-hydroxylation sites is 1. The van der Waals surface area contributed by atoms with Crippen molar-refractivity contribution in [3.8, 4) is 0 Å². The van der Waals surface area contributed by atoms with Crippen LogP contribution in [-0.4, -0.2) is 55.5 Å². The molecular weight excluding hydrogens is 360 g/mol. The molecule has 2 N–H and O–H groups in total. The minimum absolute atomic E-state index is 0.0644. The number of aliphatic hydroxyl groups excluding tert-OH is 1. The highest BCUT2D eigenvalue weighted by Gasteiger charge is 2.35. The molecule has 9 nitrogen and oxygen atoms in total. The average molecular weight is 382 g/mol. The number of carbonyl (C=O) groups excluding carboxylic acids is 1. The first-order valence-electron chi connectivity index (χ1n) is 9.23. The van der Waals surface area contributed by atoms with E-state index < -0.39 is 0 Å². The second kappa shape index (κ2) is 7.99. The molecule has 9 heteroatoms. The molecule has 0 unspecified atom stereocenters. The van der Waals surface area contributed by atoms with Gasteiger partial charge < -0.3 is 19.7 Å². The van der Waals surface area contributed by atoms with Crippen molar-refractivity contribution in [1.29, 1.82) is 0 Å². The van der Waals surface area contributed by atoms with E-state index in [9.17, 15) is 9.90 Å². The number of methoxy groups -OCH3 is 1. The van der Waals surface area contributed by atoms with Crippen LogP contribution < -0.4 is 5.32 Å². The van der Waals surface area contributed by atoms with Crippen molar-refractivity contribution in [2.24, 2.45) is 0 Å². The SMILES string of the molecule is COCCn1c(CO)nnc1C1CC(NC(=O)c2cccc3nccnc23)C1. The van der Waals surface area contributed by atoms with Gasteiger partial charge in [-0.1, -0.05) is 6.07 Å². The molecule has 1 fully saturated rings. The van der Waals surface area contributed by atoms with Gasteiger partial charge in [-0.25, -0.2) is 0 Å². The number of carbonyl (C=O) groups is 1. The number of aromatic nitrogens is 5. The number of rotatable bonds is 7. The Kier molecular flexibility index (Phi) is 5.27. The molecule has 0 atom stereocenters. The standard InChI is InChI=1S/C19H22N6O3/c1-28-8-7-25-16(11-26)23-24-18(25)12-9-13(10-12)22-19(27)14-3-2-4-15-17(14)21-6-5-20-15/h2-6,12-13,26H,7-11H2,1H3,(H,22,27). The first-order chi connectivity index (χ1) is 13.7. The molecule has 1 saturated carbocycles. The Balaban J connectivity index is 1.42. The second-order valence-electron chi connectivity index (χ2n) is 6.85. The molecule has 1 aliphatic rings. The Morgan fingerprint density at radius 1 is 1.29 bits per heavy atom. The molecular formula is C19H22N6O3. The number of aliphatic hydroxyl groups is 1. The summed E-state index contributed by atoms with van der Waals surface area (Å²) in [6, 6.07) is 5.47. The summed E-state index contributed by atoms with van der Waals surface area (Å²) in [6.07, 6.45) is 4.75. The predicted octanol–water partition coefficient (Wildman–Crippen LogP) is 1.04. The molecule has 28 heavy (non-hydrogen) atoms. The zero-order chi connectivity index (χ0) is 19.5. The highest BCUT2D eigenvalue weighted by atomic mass is 16.5. The lowest BCUT2D eigenvalue weighted by Gasteiger charge is -2.35. The van der Waals surface area contributed by atoms with E-state index in [1.165, 1.54) is 0 Å². The number of ether oxygens (including phenoxy) is 1. The fraction of sp³-hybridized carbons (Fsp3) is 0.421. The Morgan fingerprint density at radius 2 is 2.11 bits per heavy atom. The minimum Gasteiger partial charge on any atom is -0.388 e. The van der Waals surface area contributed by atoms with Gasteiger partial charge in [-0.15, -0.1) is 10.2 Å². The number of nitrogens with one attached hydrogen (secondary N) is 1. The Labute approximate surface area is 161 Å². The maximum atomic E-state index is 12.7. The van der Waals surface area contributed by atoms with Crippen molar-refractivity contribution in [3.63, 3.8) is 0 Å². The van der Waals surface area contributed by atoms with Crippen LogP contribution in [0.3, 0.4) is 0 Å². The van der Waals surface area contributed by atoms with Gasteiger partial charge in [0.25, 0.3) is 5.91 Å². The van der Waals surface area contributed by atoms with E-state index in [1.807, 2.05) is 16.7 Å². The second-order valence-corrected chi connectivity index (χ2v) is 6.85. The third-order valence-corrected chi connectivity index (χ3v) is 5.10. The lowest BCUT2D eigenvalue weighted by Crippen LogP contribution is -2.44. The first kappa shape index (κ1) is 18.5. The van der Waals surface area contributed by atoms with Crippen molar-refractivity contribution in [1.82, 2.24) is 30.0 Å². The third kappa shape index (κ3) is 3.46. The van der Waals surface area contributed by atoms with E-state index in [-0.39, 0.29) is 24.5 Å². The topological polar surface area (TPSA) is 115 Å². The molecule has 0 radical (unpaired) electrons. The predicted molar refractivity (Wildman–Crippen MR) is 101 cm³/mol. The minimum atomic E-state index is -0.161. The molecule has 1 aliphatic carbocycles. The first-order valence-corrected chi connectivity index (χ1v) is 9.23. The number of hydrogen-bond acceptors (Lipinski definition) is 7. The quantitative estimate of drug-likeness (QED) is 0.627. The normalized spacial score (nSPS) is 18.8.